The zero-order valence-corrected chi connectivity index (χ0v) is 12.9. The molecule has 4 nitrogen and oxygen atoms in total. The third-order valence-electron chi connectivity index (χ3n) is 3.82. The molecule has 0 aromatic heterocycles. The van der Waals surface area contributed by atoms with E-state index in [0.717, 1.165) is 44.0 Å². The van der Waals surface area contributed by atoms with Crippen molar-refractivity contribution in [3.8, 4) is 5.75 Å². The summed E-state index contributed by atoms with van der Waals surface area (Å²) in [5.74, 6) is 0.847. The van der Waals surface area contributed by atoms with Gasteiger partial charge in [-0.25, -0.2) is 0 Å². The quantitative estimate of drug-likeness (QED) is 0.778. The van der Waals surface area contributed by atoms with Crippen LogP contribution in [-0.4, -0.2) is 54.5 Å². The number of nitrogens with zero attached hydrogens (tertiary/aromatic N) is 2. The Balaban J connectivity index is 1.88. The second-order valence-electron chi connectivity index (χ2n) is 5.44. The maximum atomic E-state index is 12.4. The molecular formula is C17H24N2O2. The first-order valence-electron chi connectivity index (χ1n) is 7.46. The Kier molecular flexibility index (Phi) is 5.39. The Labute approximate surface area is 127 Å². The number of aryl methyl sites for hydroxylation is 1. The first-order valence-corrected chi connectivity index (χ1v) is 7.46. The summed E-state index contributed by atoms with van der Waals surface area (Å²) in [5, 5.41) is 0. The highest BCUT2D eigenvalue weighted by Crippen LogP contribution is 2.18. The number of carbonyl (C=O) groups excluding carboxylic acids is 1. The molecule has 0 N–H and O–H groups in total. The Bertz CT molecular complexity index is 493. The van der Waals surface area contributed by atoms with Gasteiger partial charge in [0.25, 0.3) is 5.91 Å². The van der Waals surface area contributed by atoms with Crippen LogP contribution in [0.15, 0.2) is 36.9 Å². The lowest BCUT2D eigenvalue weighted by Crippen LogP contribution is -2.51. The van der Waals surface area contributed by atoms with Crippen LogP contribution in [0.3, 0.4) is 0 Å². The Hall–Kier alpha value is -1.81. The summed E-state index contributed by atoms with van der Waals surface area (Å²) in [6.45, 7) is 11.8. The van der Waals surface area contributed by atoms with Crippen LogP contribution in [0.4, 0.5) is 0 Å². The minimum absolute atomic E-state index is 0.0662. The van der Waals surface area contributed by atoms with E-state index in [0.29, 0.717) is 0 Å². The smallest absolute Gasteiger partial charge is 0.263 e. The Morgan fingerprint density at radius 2 is 2.00 bits per heavy atom. The average Bonchev–Trinajstić information content (AvgIpc) is 2.50. The summed E-state index contributed by atoms with van der Waals surface area (Å²) >= 11 is 0. The van der Waals surface area contributed by atoms with Crippen molar-refractivity contribution < 1.29 is 9.53 Å². The number of rotatable bonds is 5. The average molecular weight is 288 g/mol. The van der Waals surface area contributed by atoms with Crippen molar-refractivity contribution in [3.05, 3.63) is 42.5 Å². The SMILES string of the molecule is C=CCN1CCN(C(=O)C(C)Oc2ccccc2C)CC1. The second kappa shape index (κ2) is 7.27. The third kappa shape index (κ3) is 4.08. The highest BCUT2D eigenvalue weighted by atomic mass is 16.5. The molecular weight excluding hydrogens is 264 g/mol. The molecule has 0 bridgehead atoms. The van der Waals surface area contributed by atoms with Crippen LogP contribution in [0.25, 0.3) is 0 Å². The van der Waals surface area contributed by atoms with Gasteiger partial charge in [0.1, 0.15) is 5.75 Å². The lowest BCUT2D eigenvalue weighted by atomic mass is 10.2. The fraction of sp³-hybridized carbons (Fsp3) is 0.471. The number of amides is 1. The monoisotopic (exact) mass is 288 g/mol. The number of piperazine rings is 1. The molecule has 0 spiro atoms. The van der Waals surface area contributed by atoms with Crippen LogP contribution in [0.5, 0.6) is 5.75 Å². The molecule has 1 aromatic carbocycles. The van der Waals surface area contributed by atoms with Gasteiger partial charge in [-0.1, -0.05) is 24.3 Å². The van der Waals surface area contributed by atoms with E-state index < -0.39 is 6.10 Å². The van der Waals surface area contributed by atoms with Crippen LogP contribution in [0.1, 0.15) is 12.5 Å². The number of hydrogen-bond acceptors (Lipinski definition) is 3. The number of para-hydroxylation sites is 1. The molecule has 1 aliphatic heterocycles. The van der Waals surface area contributed by atoms with E-state index in [9.17, 15) is 4.79 Å². The van der Waals surface area contributed by atoms with E-state index in [1.807, 2.05) is 49.1 Å². The van der Waals surface area contributed by atoms with Gasteiger partial charge in [0.15, 0.2) is 6.10 Å². The van der Waals surface area contributed by atoms with E-state index in [2.05, 4.69) is 11.5 Å². The van der Waals surface area contributed by atoms with Crippen LogP contribution < -0.4 is 4.74 Å². The summed E-state index contributed by atoms with van der Waals surface area (Å²) in [4.78, 5) is 16.6. The molecule has 0 saturated carbocycles. The molecule has 1 amide bonds. The molecule has 1 fully saturated rings. The van der Waals surface area contributed by atoms with E-state index >= 15 is 0 Å². The van der Waals surface area contributed by atoms with Gasteiger partial charge in [-0.15, -0.1) is 6.58 Å². The molecule has 0 aliphatic carbocycles. The third-order valence-corrected chi connectivity index (χ3v) is 3.82. The second-order valence-corrected chi connectivity index (χ2v) is 5.44. The molecule has 1 atom stereocenters. The lowest BCUT2D eigenvalue weighted by Gasteiger charge is -2.35. The summed E-state index contributed by atoms with van der Waals surface area (Å²) in [6.07, 6.45) is 1.46. The Morgan fingerprint density at radius 3 is 2.62 bits per heavy atom. The van der Waals surface area contributed by atoms with Crippen molar-refractivity contribution >= 4 is 5.91 Å². The molecule has 1 aromatic rings. The summed E-state index contributed by atoms with van der Waals surface area (Å²) < 4.78 is 5.81. The molecule has 1 saturated heterocycles. The van der Waals surface area contributed by atoms with Gasteiger partial charge >= 0.3 is 0 Å². The fourth-order valence-electron chi connectivity index (χ4n) is 2.52. The van der Waals surface area contributed by atoms with Crippen molar-refractivity contribution in [1.29, 1.82) is 0 Å². The summed E-state index contributed by atoms with van der Waals surface area (Å²) in [6, 6.07) is 7.78. The van der Waals surface area contributed by atoms with E-state index in [4.69, 9.17) is 4.74 Å². The van der Waals surface area contributed by atoms with Gasteiger partial charge in [-0.2, -0.15) is 0 Å². The van der Waals surface area contributed by atoms with Crippen LogP contribution >= 0.6 is 0 Å². The zero-order chi connectivity index (χ0) is 15.2. The van der Waals surface area contributed by atoms with Crippen molar-refractivity contribution in [3.63, 3.8) is 0 Å². The first kappa shape index (κ1) is 15.6. The van der Waals surface area contributed by atoms with Gasteiger partial charge in [0, 0.05) is 32.7 Å². The van der Waals surface area contributed by atoms with Crippen molar-refractivity contribution in [2.24, 2.45) is 0 Å². The fourth-order valence-corrected chi connectivity index (χ4v) is 2.52. The lowest BCUT2D eigenvalue weighted by molar-refractivity contribution is -0.139. The maximum Gasteiger partial charge on any atom is 0.263 e. The number of hydrogen-bond donors (Lipinski definition) is 0. The summed E-state index contributed by atoms with van der Waals surface area (Å²) in [7, 11) is 0. The van der Waals surface area contributed by atoms with Crippen LogP contribution in [-0.2, 0) is 4.79 Å². The van der Waals surface area contributed by atoms with E-state index in [1.54, 1.807) is 0 Å². The Morgan fingerprint density at radius 1 is 1.33 bits per heavy atom. The maximum absolute atomic E-state index is 12.4. The standard InChI is InChI=1S/C17H24N2O2/c1-4-9-18-10-12-19(13-11-18)17(20)15(3)21-16-8-6-5-7-14(16)2/h4-8,15H,1,9-13H2,2-3H3. The number of benzene rings is 1. The molecule has 0 radical (unpaired) electrons. The minimum atomic E-state index is -0.447. The molecule has 21 heavy (non-hydrogen) atoms. The predicted octanol–water partition coefficient (Wildman–Crippen LogP) is 2.09. The van der Waals surface area contributed by atoms with Gasteiger partial charge in [-0.05, 0) is 25.5 Å². The van der Waals surface area contributed by atoms with E-state index in [1.165, 1.54) is 0 Å². The van der Waals surface area contributed by atoms with Crippen LogP contribution in [0, 0.1) is 6.92 Å². The molecule has 114 valence electrons. The normalized spacial score (nSPS) is 17.3. The van der Waals surface area contributed by atoms with Gasteiger partial charge in [-0.3, -0.25) is 9.69 Å². The molecule has 4 heteroatoms. The van der Waals surface area contributed by atoms with Crippen LogP contribution in [0.2, 0.25) is 0 Å². The zero-order valence-electron chi connectivity index (χ0n) is 12.9. The molecule has 1 heterocycles. The molecule has 1 unspecified atom stereocenters. The number of carbonyl (C=O) groups is 1. The number of ether oxygens (including phenoxy) is 1. The van der Waals surface area contributed by atoms with Crippen molar-refractivity contribution in [1.82, 2.24) is 9.80 Å². The van der Waals surface area contributed by atoms with Crippen molar-refractivity contribution in [2.45, 2.75) is 20.0 Å². The largest absolute Gasteiger partial charge is 0.481 e. The highest BCUT2D eigenvalue weighted by Gasteiger charge is 2.25. The highest BCUT2D eigenvalue weighted by molar-refractivity contribution is 5.81. The minimum Gasteiger partial charge on any atom is -0.481 e. The van der Waals surface area contributed by atoms with Crippen molar-refractivity contribution in [2.75, 3.05) is 32.7 Å². The topological polar surface area (TPSA) is 32.8 Å². The van der Waals surface area contributed by atoms with Gasteiger partial charge < -0.3 is 9.64 Å². The predicted molar refractivity (Wildman–Crippen MR) is 84.5 cm³/mol. The molecule has 1 aliphatic rings. The molecule has 2 rings (SSSR count). The van der Waals surface area contributed by atoms with E-state index in [-0.39, 0.29) is 5.91 Å². The van der Waals surface area contributed by atoms with Gasteiger partial charge in [0.2, 0.25) is 0 Å². The summed E-state index contributed by atoms with van der Waals surface area (Å²) in [5.41, 5.74) is 1.05. The van der Waals surface area contributed by atoms with Gasteiger partial charge in [0.05, 0.1) is 0 Å². The first-order chi connectivity index (χ1) is 10.1.